The van der Waals surface area contributed by atoms with Gasteiger partial charge in [-0.2, -0.15) is 0 Å². The standard InChI is InChI=1S/C16H22N2O6S3/c1-9(2)13(21)23-5-11(19)7-25-15-17-18-16(27-15)26-8-12(20)6-24-14(22)10(3)4/h11-12,19-20H,1,3,5-8H2,2,4H3. The third-order valence-corrected chi connectivity index (χ3v) is 6.18. The van der Waals surface area contributed by atoms with Crippen LogP contribution in [0.3, 0.4) is 0 Å². The topological polar surface area (TPSA) is 119 Å². The molecule has 1 aromatic heterocycles. The van der Waals surface area contributed by atoms with Crippen LogP contribution >= 0.6 is 34.9 Å². The minimum Gasteiger partial charge on any atom is -0.460 e. The predicted octanol–water partition coefficient (Wildman–Crippen LogP) is 1.68. The van der Waals surface area contributed by atoms with Crippen LogP contribution in [0.1, 0.15) is 13.8 Å². The Labute approximate surface area is 170 Å². The van der Waals surface area contributed by atoms with Gasteiger partial charge in [0.25, 0.3) is 0 Å². The number of ether oxygens (including phenoxy) is 2. The molecule has 0 saturated carbocycles. The van der Waals surface area contributed by atoms with Gasteiger partial charge in [0.2, 0.25) is 0 Å². The van der Waals surface area contributed by atoms with Crippen molar-refractivity contribution in [2.24, 2.45) is 0 Å². The lowest BCUT2D eigenvalue weighted by molar-refractivity contribution is -0.142. The van der Waals surface area contributed by atoms with E-state index in [4.69, 9.17) is 9.47 Å². The van der Waals surface area contributed by atoms with Crippen molar-refractivity contribution in [2.45, 2.75) is 34.7 Å². The number of aliphatic hydroxyl groups is 2. The molecule has 2 N–H and O–H groups in total. The van der Waals surface area contributed by atoms with E-state index in [1.807, 2.05) is 0 Å². The lowest BCUT2D eigenvalue weighted by atomic mass is 10.3. The summed E-state index contributed by atoms with van der Waals surface area (Å²) < 4.78 is 11.0. The first-order valence-electron chi connectivity index (χ1n) is 7.79. The van der Waals surface area contributed by atoms with E-state index in [0.717, 1.165) is 0 Å². The second kappa shape index (κ2) is 12.1. The van der Waals surface area contributed by atoms with Gasteiger partial charge in [0.05, 0.1) is 12.2 Å². The summed E-state index contributed by atoms with van der Waals surface area (Å²) in [6, 6.07) is 0. The van der Waals surface area contributed by atoms with Gasteiger partial charge in [-0.1, -0.05) is 48.0 Å². The summed E-state index contributed by atoms with van der Waals surface area (Å²) in [5.41, 5.74) is 0.550. The van der Waals surface area contributed by atoms with Crippen LogP contribution in [0, 0.1) is 0 Å². The minimum absolute atomic E-state index is 0.117. The monoisotopic (exact) mass is 434 g/mol. The molecule has 27 heavy (non-hydrogen) atoms. The van der Waals surface area contributed by atoms with Crippen molar-refractivity contribution in [2.75, 3.05) is 24.7 Å². The van der Waals surface area contributed by atoms with Gasteiger partial charge in [0, 0.05) is 22.7 Å². The number of esters is 2. The van der Waals surface area contributed by atoms with Crippen LogP contribution in [-0.4, -0.2) is 69.3 Å². The van der Waals surface area contributed by atoms with Gasteiger partial charge in [0.1, 0.15) is 13.2 Å². The quantitative estimate of drug-likeness (QED) is 0.286. The molecular weight excluding hydrogens is 412 g/mol. The average Bonchev–Trinajstić information content (AvgIpc) is 3.08. The zero-order valence-electron chi connectivity index (χ0n) is 15.0. The molecule has 2 unspecified atom stereocenters. The van der Waals surface area contributed by atoms with Crippen molar-refractivity contribution >= 4 is 46.8 Å². The van der Waals surface area contributed by atoms with Gasteiger partial charge in [-0.25, -0.2) is 9.59 Å². The number of nitrogens with zero attached hydrogens (tertiary/aromatic N) is 2. The van der Waals surface area contributed by atoms with Crippen LogP contribution in [-0.2, 0) is 19.1 Å². The molecule has 1 rings (SSSR count). The van der Waals surface area contributed by atoms with Gasteiger partial charge in [-0.15, -0.1) is 10.2 Å². The summed E-state index contributed by atoms with van der Waals surface area (Å²) in [7, 11) is 0. The fourth-order valence-corrected chi connectivity index (χ4v) is 4.22. The number of carbonyl (C=O) groups is 2. The van der Waals surface area contributed by atoms with E-state index in [2.05, 4.69) is 23.4 Å². The van der Waals surface area contributed by atoms with Gasteiger partial charge in [-0.05, 0) is 13.8 Å². The molecule has 0 aliphatic carbocycles. The fraction of sp³-hybridized carbons (Fsp3) is 0.500. The Hall–Kier alpha value is -1.40. The molecule has 0 fully saturated rings. The Morgan fingerprint density at radius 2 is 1.33 bits per heavy atom. The van der Waals surface area contributed by atoms with Crippen molar-refractivity contribution in [3.05, 3.63) is 24.3 Å². The van der Waals surface area contributed by atoms with Gasteiger partial charge >= 0.3 is 11.9 Å². The highest BCUT2D eigenvalue weighted by Crippen LogP contribution is 2.29. The van der Waals surface area contributed by atoms with Gasteiger partial charge in [0.15, 0.2) is 8.68 Å². The molecule has 0 amide bonds. The highest BCUT2D eigenvalue weighted by atomic mass is 32.2. The highest BCUT2D eigenvalue weighted by Gasteiger charge is 2.14. The van der Waals surface area contributed by atoms with E-state index < -0.39 is 24.1 Å². The normalized spacial score (nSPS) is 12.9. The van der Waals surface area contributed by atoms with E-state index in [1.165, 1.54) is 48.7 Å². The maximum absolute atomic E-state index is 11.3. The van der Waals surface area contributed by atoms with Crippen LogP contribution in [0.4, 0.5) is 0 Å². The number of rotatable bonds is 12. The number of thioether (sulfide) groups is 2. The summed E-state index contributed by atoms with van der Waals surface area (Å²) in [6.45, 7) is 9.75. The molecule has 1 aromatic rings. The number of carbonyl (C=O) groups excluding carboxylic acids is 2. The maximum atomic E-state index is 11.3. The maximum Gasteiger partial charge on any atom is 0.333 e. The van der Waals surface area contributed by atoms with Crippen LogP contribution in [0.5, 0.6) is 0 Å². The third-order valence-electron chi connectivity index (χ3n) is 2.70. The van der Waals surface area contributed by atoms with Crippen molar-refractivity contribution in [3.8, 4) is 0 Å². The van der Waals surface area contributed by atoms with Gasteiger partial charge in [-0.3, -0.25) is 0 Å². The molecule has 11 heteroatoms. The summed E-state index contributed by atoms with van der Waals surface area (Å²) in [5.74, 6) is -0.493. The Bertz CT molecular complexity index is 624. The average molecular weight is 435 g/mol. The van der Waals surface area contributed by atoms with E-state index in [0.29, 0.717) is 20.2 Å². The summed E-state index contributed by atoms with van der Waals surface area (Å²) in [4.78, 5) is 22.5. The Morgan fingerprint density at radius 1 is 0.963 bits per heavy atom. The smallest absolute Gasteiger partial charge is 0.333 e. The minimum atomic E-state index is -0.830. The first-order valence-corrected chi connectivity index (χ1v) is 10.6. The van der Waals surface area contributed by atoms with Crippen LogP contribution in [0.2, 0.25) is 0 Å². The highest BCUT2D eigenvalue weighted by molar-refractivity contribution is 8.03. The lowest BCUT2D eigenvalue weighted by Gasteiger charge is -2.10. The van der Waals surface area contributed by atoms with Crippen LogP contribution in [0.15, 0.2) is 33.0 Å². The van der Waals surface area contributed by atoms with Crippen LogP contribution < -0.4 is 0 Å². The molecule has 2 atom stereocenters. The van der Waals surface area contributed by atoms with E-state index in [9.17, 15) is 19.8 Å². The molecule has 0 spiro atoms. The molecule has 0 radical (unpaired) electrons. The largest absolute Gasteiger partial charge is 0.460 e. The zero-order chi connectivity index (χ0) is 20.4. The Balaban J connectivity index is 2.28. The molecule has 0 aliphatic rings. The molecule has 0 aliphatic heterocycles. The van der Waals surface area contributed by atoms with Crippen LogP contribution in [0.25, 0.3) is 0 Å². The number of aromatic nitrogens is 2. The molecule has 0 bridgehead atoms. The van der Waals surface area contributed by atoms with Crippen molar-refractivity contribution in [1.29, 1.82) is 0 Å². The molecular formula is C16H22N2O6S3. The SMILES string of the molecule is C=C(C)C(=O)OCC(O)CSc1nnc(SCC(O)COC(=O)C(=C)C)s1. The molecule has 0 aromatic carbocycles. The third kappa shape index (κ3) is 9.91. The number of hydrogen-bond acceptors (Lipinski definition) is 11. The summed E-state index contributed by atoms with van der Waals surface area (Å²) in [5, 5.41) is 27.6. The number of aliphatic hydroxyl groups excluding tert-OH is 2. The first-order chi connectivity index (χ1) is 12.7. The van der Waals surface area contributed by atoms with Crippen molar-refractivity contribution < 1.29 is 29.3 Å². The number of hydrogen-bond donors (Lipinski definition) is 2. The first kappa shape index (κ1) is 23.6. The predicted molar refractivity (Wildman–Crippen MR) is 105 cm³/mol. The summed E-state index contributed by atoms with van der Waals surface area (Å²) in [6.07, 6.45) is -1.66. The zero-order valence-corrected chi connectivity index (χ0v) is 17.5. The summed E-state index contributed by atoms with van der Waals surface area (Å²) >= 11 is 3.89. The fourth-order valence-electron chi connectivity index (χ4n) is 1.34. The molecule has 8 nitrogen and oxygen atoms in total. The molecule has 0 saturated heterocycles. The van der Waals surface area contributed by atoms with E-state index >= 15 is 0 Å². The van der Waals surface area contributed by atoms with Crippen molar-refractivity contribution in [3.63, 3.8) is 0 Å². The second-order valence-corrected chi connectivity index (χ2v) is 9.03. The Kier molecular flexibility index (Phi) is 10.6. The second-order valence-electron chi connectivity index (χ2n) is 5.52. The molecule has 150 valence electrons. The van der Waals surface area contributed by atoms with E-state index in [1.54, 1.807) is 0 Å². The Morgan fingerprint density at radius 3 is 1.67 bits per heavy atom. The lowest BCUT2D eigenvalue weighted by Crippen LogP contribution is -2.21. The molecule has 1 heterocycles. The van der Waals surface area contributed by atoms with Gasteiger partial charge < -0.3 is 19.7 Å². The van der Waals surface area contributed by atoms with E-state index in [-0.39, 0.29) is 24.4 Å². The van der Waals surface area contributed by atoms with Crippen molar-refractivity contribution in [1.82, 2.24) is 10.2 Å².